The van der Waals surface area contributed by atoms with Gasteiger partial charge in [-0.05, 0) is 62.9 Å². The Balaban J connectivity index is 1.57. The summed E-state index contributed by atoms with van der Waals surface area (Å²) in [6, 6.07) is 12.4. The van der Waals surface area contributed by atoms with Crippen molar-refractivity contribution < 1.29 is 22.7 Å². The zero-order valence-electron chi connectivity index (χ0n) is 19.9. The predicted molar refractivity (Wildman–Crippen MR) is 134 cm³/mol. The third-order valence-corrected chi connectivity index (χ3v) is 8.14. The fraction of sp³-hybridized carbons (Fsp3) is 0.480. The lowest BCUT2D eigenvalue weighted by molar-refractivity contribution is -0.126. The predicted octanol–water partition coefficient (Wildman–Crippen LogP) is 4.56. The van der Waals surface area contributed by atoms with E-state index in [0.717, 1.165) is 5.56 Å². The van der Waals surface area contributed by atoms with Crippen LogP contribution in [0.2, 0.25) is 5.02 Å². The van der Waals surface area contributed by atoms with Gasteiger partial charge in [-0.3, -0.25) is 4.79 Å². The van der Waals surface area contributed by atoms with Crippen LogP contribution in [0.15, 0.2) is 42.5 Å². The molecule has 186 valence electrons. The van der Waals surface area contributed by atoms with Crippen molar-refractivity contribution in [3.05, 3.63) is 58.6 Å². The number of sulfonamides is 1. The maximum Gasteiger partial charge on any atom is 0.223 e. The number of ether oxygens (including phenoxy) is 2. The highest BCUT2D eigenvalue weighted by Gasteiger charge is 2.32. The van der Waals surface area contributed by atoms with Crippen molar-refractivity contribution in [2.24, 2.45) is 5.92 Å². The van der Waals surface area contributed by atoms with E-state index < -0.39 is 10.0 Å². The molecule has 34 heavy (non-hydrogen) atoms. The van der Waals surface area contributed by atoms with E-state index in [1.807, 2.05) is 39.0 Å². The third-order valence-electron chi connectivity index (χ3n) is 5.94. The highest BCUT2D eigenvalue weighted by molar-refractivity contribution is 7.88. The Hall–Kier alpha value is -2.29. The van der Waals surface area contributed by atoms with Crippen molar-refractivity contribution in [2.45, 2.75) is 45.4 Å². The Morgan fingerprint density at radius 3 is 2.38 bits per heavy atom. The number of nitrogens with one attached hydrogen (secondary N) is 1. The normalized spacial score (nSPS) is 16.1. The van der Waals surface area contributed by atoms with E-state index in [0.29, 0.717) is 61.2 Å². The fourth-order valence-electron chi connectivity index (χ4n) is 4.05. The van der Waals surface area contributed by atoms with Crippen LogP contribution in [0, 0.1) is 5.92 Å². The first-order chi connectivity index (χ1) is 16.2. The fourth-order valence-corrected chi connectivity index (χ4v) is 5.93. The number of benzene rings is 2. The minimum atomic E-state index is -3.50. The molecule has 0 bridgehead atoms. The Morgan fingerprint density at radius 2 is 1.74 bits per heavy atom. The van der Waals surface area contributed by atoms with E-state index >= 15 is 0 Å². The molecule has 2 aromatic rings. The molecule has 1 saturated heterocycles. The molecule has 1 N–H and O–H groups in total. The SMILES string of the molecule is CCOc1ccc([C@H](C)NC(=O)C2CCN(S(=O)(=O)Cc3ccccc3Cl)CC2)cc1OCC. The third kappa shape index (κ3) is 6.64. The zero-order valence-corrected chi connectivity index (χ0v) is 21.5. The molecule has 0 unspecified atom stereocenters. The molecular weight excluding hydrogens is 476 g/mol. The van der Waals surface area contributed by atoms with Crippen LogP contribution < -0.4 is 14.8 Å². The number of halogens is 1. The van der Waals surface area contributed by atoms with E-state index in [4.69, 9.17) is 21.1 Å². The average Bonchev–Trinajstić information content (AvgIpc) is 2.82. The van der Waals surface area contributed by atoms with Crippen LogP contribution in [0.4, 0.5) is 0 Å². The van der Waals surface area contributed by atoms with Gasteiger partial charge in [-0.2, -0.15) is 0 Å². The molecule has 1 amide bonds. The lowest BCUT2D eigenvalue weighted by Gasteiger charge is -2.31. The van der Waals surface area contributed by atoms with Crippen molar-refractivity contribution in [1.82, 2.24) is 9.62 Å². The molecule has 9 heteroatoms. The van der Waals surface area contributed by atoms with Gasteiger partial charge in [0.05, 0.1) is 25.0 Å². The van der Waals surface area contributed by atoms with Crippen LogP contribution in [-0.2, 0) is 20.6 Å². The number of hydrogen-bond donors (Lipinski definition) is 1. The van der Waals surface area contributed by atoms with E-state index in [-0.39, 0.29) is 23.6 Å². The standard InChI is InChI=1S/C25H33ClN2O5S/c1-4-32-23-11-10-20(16-24(23)33-5-2)18(3)27-25(29)19-12-14-28(15-13-19)34(30,31)17-21-8-6-7-9-22(21)26/h6-11,16,18-19H,4-5,12-15,17H2,1-3H3,(H,27,29)/t18-/m0/s1. The van der Waals surface area contributed by atoms with Gasteiger partial charge in [-0.25, -0.2) is 12.7 Å². The van der Waals surface area contributed by atoms with Gasteiger partial charge in [0.25, 0.3) is 0 Å². The maximum atomic E-state index is 12.9. The number of rotatable bonds is 10. The quantitative estimate of drug-likeness (QED) is 0.508. The van der Waals surface area contributed by atoms with Gasteiger partial charge in [0.1, 0.15) is 0 Å². The Labute approximate surface area is 207 Å². The van der Waals surface area contributed by atoms with Crippen molar-refractivity contribution in [3.8, 4) is 11.5 Å². The lowest BCUT2D eigenvalue weighted by atomic mass is 9.96. The van der Waals surface area contributed by atoms with Gasteiger partial charge in [0.2, 0.25) is 15.9 Å². The largest absolute Gasteiger partial charge is 0.490 e. The first-order valence-corrected chi connectivity index (χ1v) is 13.6. The molecule has 0 radical (unpaired) electrons. The summed E-state index contributed by atoms with van der Waals surface area (Å²) in [6.07, 6.45) is 0.960. The minimum Gasteiger partial charge on any atom is -0.490 e. The first-order valence-electron chi connectivity index (χ1n) is 11.7. The van der Waals surface area contributed by atoms with Crippen molar-refractivity contribution in [3.63, 3.8) is 0 Å². The van der Waals surface area contributed by atoms with Gasteiger partial charge in [0, 0.05) is 24.0 Å². The summed E-state index contributed by atoms with van der Waals surface area (Å²) in [4.78, 5) is 12.9. The van der Waals surface area contributed by atoms with Gasteiger partial charge in [-0.1, -0.05) is 35.9 Å². The van der Waals surface area contributed by atoms with E-state index in [9.17, 15) is 13.2 Å². The van der Waals surface area contributed by atoms with Crippen LogP contribution in [0.5, 0.6) is 11.5 Å². The summed E-state index contributed by atoms with van der Waals surface area (Å²) in [5.41, 5.74) is 1.50. The molecule has 7 nitrogen and oxygen atoms in total. The number of amides is 1. The summed E-state index contributed by atoms with van der Waals surface area (Å²) >= 11 is 6.13. The lowest BCUT2D eigenvalue weighted by Crippen LogP contribution is -2.43. The summed E-state index contributed by atoms with van der Waals surface area (Å²) in [7, 11) is -3.50. The molecular formula is C25H33ClN2O5S. The van der Waals surface area contributed by atoms with Crippen LogP contribution in [0.25, 0.3) is 0 Å². The van der Waals surface area contributed by atoms with Gasteiger partial charge in [-0.15, -0.1) is 0 Å². The highest BCUT2D eigenvalue weighted by atomic mass is 35.5. The molecule has 1 atom stereocenters. The van der Waals surface area contributed by atoms with Crippen LogP contribution in [-0.4, -0.2) is 44.9 Å². The van der Waals surface area contributed by atoms with Crippen molar-refractivity contribution in [1.29, 1.82) is 0 Å². The molecule has 0 spiro atoms. The van der Waals surface area contributed by atoms with Crippen LogP contribution >= 0.6 is 11.6 Å². The number of carbonyl (C=O) groups excluding carboxylic acids is 1. The Kier molecular flexibility index (Phi) is 9.22. The van der Waals surface area contributed by atoms with E-state index in [2.05, 4.69) is 5.32 Å². The molecule has 0 saturated carbocycles. The van der Waals surface area contributed by atoms with Gasteiger partial charge in [0.15, 0.2) is 11.5 Å². The summed E-state index contributed by atoms with van der Waals surface area (Å²) < 4.78 is 38.5. The molecule has 1 heterocycles. The second-order valence-electron chi connectivity index (χ2n) is 8.32. The molecule has 1 fully saturated rings. The topological polar surface area (TPSA) is 84.9 Å². The number of carbonyl (C=O) groups is 1. The first kappa shape index (κ1) is 26.3. The summed E-state index contributed by atoms with van der Waals surface area (Å²) in [5, 5.41) is 3.51. The van der Waals surface area contributed by atoms with E-state index in [1.165, 1.54) is 4.31 Å². The molecule has 1 aliphatic heterocycles. The molecule has 2 aromatic carbocycles. The second kappa shape index (κ2) is 11.9. The summed E-state index contributed by atoms with van der Waals surface area (Å²) in [5.74, 6) is 0.892. The smallest absolute Gasteiger partial charge is 0.223 e. The number of piperidine rings is 1. The molecule has 0 aliphatic carbocycles. The van der Waals surface area contributed by atoms with E-state index in [1.54, 1.807) is 24.3 Å². The zero-order chi connectivity index (χ0) is 24.7. The average molecular weight is 509 g/mol. The second-order valence-corrected chi connectivity index (χ2v) is 10.7. The summed E-state index contributed by atoms with van der Waals surface area (Å²) in [6.45, 7) is 7.44. The molecule has 3 rings (SSSR count). The number of hydrogen-bond acceptors (Lipinski definition) is 5. The number of nitrogens with zero attached hydrogens (tertiary/aromatic N) is 1. The monoisotopic (exact) mass is 508 g/mol. The van der Waals surface area contributed by atoms with Gasteiger partial charge < -0.3 is 14.8 Å². The minimum absolute atomic E-state index is 0.0671. The highest BCUT2D eigenvalue weighted by Crippen LogP contribution is 2.31. The van der Waals surface area contributed by atoms with Crippen molar-refractivity contribution in [2.75, 3.05) is 26.3 Å². The Bertz CT molecular complexity index is 1080. The van der Waals surface area contributed by atoms with Crippen molar-refractivity contribution >= 4 is 27.5 Å². The molecule has 0 aromatic heterocycles. The Morgan fingerprint density at radius 1 is 1.09 bits per heavy atom. The molecule has 1 aliphatic rings. The van der Waals surface area contributed by atoms with Gasteiger partial charge >= 0.3 is 0 Å². The van der Waals surface area contributed by atoms with Crippen LogP contribution in [0.1, 0.15) is 50.8 Å². The maximum absolute atomic E-state index is 12.9. The van der Waals surface area contributed by atoms with Crippen LogP contribution in [0.3, 0.4) is 0 Å².